The van der Waals surface area contributed by atoms with Gasteiger partial charge in [0, 0.05) is 10.9 Å². The molecule has 0 saturated heterocycles. The van der Waals surface area contributed by atoms with Crippen LogP contribution in [0.15, 0.2) is 0 Å². The predicted octanol–water partition coefficient (Wildman–Crippen LogP) is -0.857. The zero-order valence-electron chi connectivity index (χ0n) is 8.07. The van der Waals surface area contributed by atoms with Gasteiger partial charge in [-0.05, 0) is 6.42 Å². The maximum Gasteiger partial charge on any atom is 1.00 e. The molecule has 0 heterocycles. The topological polar surface area (TPSA) is 32.3 Å². The Morgan fingerprint density at radius 1 is 1.58 bits per heavy atom. The van der Waals surface area contributed by atoms with Crippen molar-refractivity contribution in [3.63, 3.8) is 0 Å². The van der Waals surface area contributed by atoms with Crippen molar-refractivity contribution in [1.29, 1.82) is 0 Å². The molecule has 0 rings (SSSR count). The molecule has 1 atom stereocenters. The number of rotatable bonds is 5. The standard InChI is InChI=1S/C6H15O2PS2.K/c1-4-5-8-9(7,10)11-6(2)3;/h6H,4-5H2,1-3H3,(H,7,10);/q;+1/p-1. The Morgan fingerprint density at radius 3 is 2.42 bits per heavy atom. The second-order valence-corrected chi connectivity index (χ2v) is 8.95. The van der Waals surface area contributed by atoms with Gasteiger partial charge in [0.05, 0.1) is 6.61 Å². The number of hydrogen-bond donors (Lipinski definition) is 0. The van der Waals surface area contributed by atoms with E-state index in [0.29, 0.717) is 6.61 Å². The average molecular weight is 252 g/mol. The Kier molecular flexibility index (Phi) is 12.5. The number of hydrogen-bond acceptors (Lipinski definition) is 4. The molecule has 0 saturated carbocycles. The van der Waals surface area contributed by atoms with E-state index in [1.807, 2.05) is 20.8 Å². The molecule has 68 valence electrons. The van der Waals surface area contributed by atoms with Crippen LogP contribution in [0.2, 0.25) is 0 Å². The van der Waals surface area contributed by atoms with Gasteiger partial charge in [-0.2, -0.15) is 0 Å². The molecule has 0 spiro atoms. The summed E-state index contributed by atoms with van der Waals surface area (Å²) >= 11 is 6.03. The quantitative estimate of drug-likeness (QED) is 0.471. The first-order valence-corrected chi connectivity index (χ1v) is 7.74. The molecule has 0 aliphatic rings. The van der Waals surface area contributed by atoms with Crippen molar-refractivity contribution in [2.75, 3.05) is 6.61 Å². The molecule has 0 fully saturated rings. The van der Waals surface area contributed by atoms with Crippen molar-refractivity contribution in [3.8, 4) is 0 Å². The summed E-state index contributed by atoms with van der Waals surface area (Å²) in [5.41, 5.74) is -2.77. The molecule has 0 aromatic carbocycles. The Bertz CT molecular complexity index is 154. The van der Waals surface area contributed by atoms with Crippen molar-refractivity contribution in [2.45, 2.75) is 32.4 Å². The van der Waals surface area contributed by atoms with Crippen LogP contribution in [0.25, 0.3) is 0 Å². The van der Waals surface area contributed by atoms with Crippen LogP contribution in [-0.2, 0) is 16.3 Å². The Labute approximate surface area is 127 Å². The second kappa shape index (κ2) is 8.83. The monoisotopic (exact) mass is 252 g/mol. The van der Waals surface area contributed by atoms with E-state index in [9.17, 15) is 4.89 Å². The maximum absolute atomic E-state index is 11.3. The smallest absolute Gasteiger partial charge is 0.793 e. The summed E-state index contributed by atoms with van der Waals surface area (Å²) in [7, 11) is 0. The Morgan fingerprint density at radius 2 is 2.08 bits per heavy atom. The Hall–Kier alpha value is 2.56. The van der Waals surface area contributed by atoms with Crippen LogP contribution >= 0.6 is 17.1 Å². The van der Waals surface area contributed by atoms with Gasteiger partial charge in [0.1, 0.15) is 0 Å². The van der Waals surface area contributed by atoms with Gasteiger partial charge in [0.25, 0.3) is 0 Å². The van der Waals surface area contributed by atoms with Gasteiger partial charge < -0.3 is 9.42 Å². The summed E-state index contributed by atoms with van der Waals surface area (Å²) in [6.07, 6.45) is 0.860. The second-order valence-electron chi connectivity index (χ2n) is 2.43. The van der Waals surface area contributed by atoms with Crippen molar-refractivity contribution >= 4 is 28.9 Å². The predicted molar refractivity (Wildman–Crippen MR) is 53.3 cm³/mol. The van der Waals surface area contributed by atoms with Gasteiger partial charge in [-0.25, -0.2) is 0 Å². The third-order valence-electron chi connectivity index (χ3n) is 0.793. The van der Waals surface area contributed by atoms with E-state index in [1.54, 1.807) is 0 Å². The van der Waals surface area contributed by atoms with Gasteiger partial charge in [-0.1, -0.05) is 32.6 Å². The van der Waals surface area contributed by atoms with E-state index >= 15 is 0 Å². The van der Waals surface area contributed by atoms with Gasteiger partial charge >= 0.3 is 51.4 Å². The summed E-state index contributed by atoms with van der Waals surface area (Å²) < 4.78 is 5.02. The summed E-state index contributed by atoms with van der Waals surface area (Å²) in [6, 6.07) is 0. The minimum absolute atomic E-state index is 0. The van der Waals surface area contributed by atoms with E-state index < -0.39 is 5.69 Å². The van der Waals surface area contributed by atoms with Gasteiger partial charge in [-0.3, -0.25) is 0 Å². The van der Waals surface area contributed by atoms with E-state index in [2.05, 4.69) is 0 Å². The van der Waals surface area contributed by atoms with Crippen LogP contribution in [-0.4, -0.2) is 11.9 Å². The average Bonchev–Trinajstić information content (AvgIpc) is 1.81. The third-order valence-corrected chi connectivity index (χ3v) is 5.42. The van der Waals surface area contributed by atoms with E-state index in [4.69, 9.17) is 16.3 Å². The third kappa shape index (κ3) is 10.6. The minimum atomic E-state index is -2.77. The molecule has 6 heteroatoms. The molecule has 0 N–H and O–H groups in total. The first-order valence-electron chi connectivity index (χ1n) is 3.62. The SMILES string of the molecule is CCCOP([O-])(=S)SC(C)C.[K+]. The molecule has 0 radical (unpaired) electrons. The normalized spacial score (nSPS) is 15.4. The van der Waals surface area contributed by atoms with Crippen molar-refractivity contribution < 1.29 is 60.8 Å². The first-order chi connectivity index (χ1) is 4.98. The van der Waals surface area contributed by atoms with Crippen LogP contribution in [0.1, 0.15) is 27.2 Å². The molecule has 2 nitrogen and oxygen atoms in total. The summed E-state index contributed by atoms with van der Waals surface area (Å²) in [5, 5.41) is 0.273. The molecule has 1 unspecified atom stereocenters. The molecule has 0 aliphatic carbocycles. The van der Waals surface area contributed by atoms with E-state index in [0.717, 1.165) is 6.42 Å². The van der Waals surface area contributed by atoms with Crippen molar-refractivity contribution in [1.82, 2.24) is 0 Å². The summed E-state index contributed by atoms with van der Waals surface area (Å²) in [5.74, 6) is 0. The fraction of sp³-hybridized carbons (Fsp3) is 1.00. The van der Waals surface area contributed by atoms with Gasteiger partial charge in [0.15, 0.2) is 0 Å². The van der Waals surface area contributed by atoms with E-state index in [1.165, 1.54) is 11.4 Å². The van der Waals surface area contributed by atoms with Crippen LogP contribution in [0.4, 0.5) is 0 Å². The fourth-order valence-corrected chi connectivity index (χ4v) is 5.20. The van der Waals surface area contributed by atoms with Crippen LogP contribution < -0.4 is 56.3 Å². The largest absolute Gasteiger partial charge is 1.00 e. The van der Waals surface area contributed by atoms with Crippen molar-refractivity contribution in [3.05, 3.63) is 0 Å². The fourth-order valence-electron chi connectivity index (χ4n) is 0.492. The molecule has 0 aliphatic heterocycles. The van der Waals surface area contributed by atoms with Crippen molar-refractivity contribution in [2.24, 2.45) is 0 Å². The zero-order valence-corrected chi connectivity index (χ0v) is 13.7. The summed E-state index contributed by atoms with van der Waals surface area (Å²) in [6.45, 7) is 6.38. The van der Waals surface area contributed by atoms with E-state index in [-0.39, 0.29) is 56.6 Å². The molecular formula is C6H14KO2PS2. The molecule has 0 aromatic rings. The maximum atomic E-state index is 11.3. The van der Waals surface area contributed by atoms with Gasteiger partial charge in [-0.15, -0.1) is 11.4 Å². The molecule has 0 aromatic heterocycles. The zero-order chi connectivity index (χ0) is 8.91. The van der Waals surface area contributed by atoms with Crippen LogP contribution in [0.3, 0.4) is 0 Å². The minimum Gasteiger partial charge on any atom is -0.793 e. The Balaban J connectivity index is 0. The van der Waals surface area contributed by atoms with Gasteiger partial charge in [0.2, 0.25) is 0 Å². The molecule has 0 bridgehead atoms. The van der Waals surface area contributed by atoms with Crippen LogP contribution in [0.5, 0.6) is 0 Å². The van der Waals surface area contributed by atoms with Crippen LogP contribution in [0, 0.1) is 0 Å². The molecule has 0 amide bonds. The first kappa shape index (κ1) is 17.0. The molecule has 12 heavy (non-hydrogen) atoms. The molecular weight excluding hydrogens is 238 g/mol. The summed E-state index contributed by atoms with van der Waals surface area (Å²) in [4.78, 5) is 11.3.